The zero-order chi connectivity index (χ0) is 23.0. The molecule has 10 nitrogen and oxygen atoms in total. The molecule has 0 fully saturated rings. The topological polar surface area (TPSA) is 135 Å². The average molecular weight is 456 g/mol. The number of nitrogen functional groups attached to an aromatic ring is 1. The summed E-state index contributed by atoms with van der Waals surface area (Å²) in [5.41, 5.74) is 7.97. The van der Waals surface area contributed by atoms with Gasteiger partial charge in [-0.05, 0) is 31.2 Å². The quantitative estimate of drug-likeness (QED) is 0.262. The smallest absolute Gasteiger partial charge is 0.344 e. The van der Waals surface area contributed by atoms with Crippen LogP contribution in [0.3, 0.4) is 0 Å². The van der Waals surface area contributed by atoms with Crippen molar-refractivity contribution >= 4 is 51.3 Å². The van der Waals surface area contributed by atoms with E-state index in [1.807, 2.05) is 0 Å². The van der Waals surface area contributed by atoms with Crippen molar-refractivity contribution in [2.75, 3.05) is 19.5 Å². The van der Waals surface area contributed by atoms with Crippen molar-refractivity contribution in [3.63, 3.8) is 0 Å². The third kappa shape index (κ3) is 3.70. The minimum absolute atomic E-state index is 0.0125. The van der Waals surface area contributed by atoms with Crippen molar-refractivity contribution in [2.24, 2.45) is 0 Å². The zero-order valence-corrected chi connectivity index (χ0v) is 17.9. The van der Waals surface area contributed by atoms with Crippen LogP contribution < -0.4 is 5.73 Å². The summed E-state index contributed by atoms with van der Waals surface area (Å²) in [7, 11) is 1.50. The third-order valence-corrected chi connectivity index (χ3v) is 5.12. The molecule has 0 aliphatic heterocycles. The first-order chi connectivity index (χ1) is 15.3. The Bertz CT molecular complexity index is 1370. The maximum Gasteiger partial charge on any atom is 0.344 e. The number of anilines is 1. The lowest BCUT2D eigenvalue weighted by Crippen LogP contribution is -2.20. The Morgan fingerprint density at radius 1 is 1.25 bits per heavy atom. The fourth-order valence-corrected chi connectivity index (χ4v) is 3.60. The molecule has 0 amide bonds. The number of rotatable bonds is 6. The van der Waals surface area contributed by atoms with E-state index in [0.29, 0.717) is 16.7 Å². The predicted molar refractivity (Wildman–Crippen MR) is 119 cm³/mol. The molecule has 0 aliphatic rings. The van der Waals surface area contributed by atoms with Crippen molar-refractivity contribution in [1.29, 1.82) is 0 Å². The molecule has 0 aliphatic carbocycles. The maximum absolute atomic E-state index is 13.0. The van der Waals surface area contributed by atoms with Gasteiger partial charge in [-0.15, -0.1) is 0 Å². The van der Waals surface area contributed by atoms with Crippen LogP contribution >= 0.6 is 11.6 Å². The molecule has 164 valence electrons. The molecule has 2 aromatic carbocycles. The third-order valence-electron chi connectivity index (χ3n) is 4.80. The van der Waals surface area contributed by atoms with E-state index in [4.69, 9.17) is 26.8 Å². The van der Waals surface area contributed by atoms with Crippen LogP contribution in [-0.4, -0.2) is 45.2 Å². The fourth-order valence-electron chi connectivity index (χ4n) is 3.41. The summed E-state index contributed by atoms with van der Waals surface area (Å²) < 4.78 is 11.9. The average Bonchev–Trinajstić information content (AvgIpc) is 3.03. The Morgan fingerprint density at radius 3 is 2.59 bits per heavy atom. The summed E-state index contributed by atoms with van der Waals surface area (Å²) in [6.07, 6.45) is -0.532. The Kier molecular flexibility index (Phi) is 5.64. The van der Waals surface area contributed by atoms with Crippen LogP contribution in [0.1, 0.15) is 17.3 Å². The van der Waals surface area contributed by atoms with E-state index in [1.165, 1.54) is 23.8 Å². The molecule has 11 heteroatoms. The van der Waals surface area contributed by atoms with Crippen LogP contribution in [0, 0.1) is 10.1 Å². The number of nitro groups is 1. The van der Waals surface area contributed by atoms with Gasteiger partial charge >= 0.3 is 5.97 Å². The summed E-state index contributed by atoms with van der Waals surface area (Å²) in [5, 5.41) is 11.4. The molecule has 32 heavy (non-hydrogen) atoms. The number of aromatic nitrogens is 3. The molecule has 0 bridgehead atoms. The molecule has 1 atom stereocenters. The Hall–Kier alpha value is -3.76. The maximum atomic E-state index is 13.0. The number of carbonyl (C=O) groups is 1. The van der Waals surface area contributed by atoms with Crippen LogP contribution in [0.15, 0.2) is 42.5 Å². The molecule has 0 radical (unpaired) electrons. The normalized spacial score (nSPS) is 12.2. The molecule has 4 rings (SSSR count). The van der Waals surface area contributed by atoms with Crippen LogP contribution in [0.4, 0.5) is 11.5 Å². The van der Waals surface area contributed by atoms with Crippen LogP contribution in [0.5, 0.6) is 0 Å². The van der Waals surface area contributed by atoms with E-state index in [0.717, 1.165) is 0 Å². The van der Waals surface area contributed by atoms with Crippen molar-refractivity contribution in [3.05, 3.63) is 63.2 Å². The summed E-state index contributed by atoms with van der Waals surface area (Å²) in [6.45, 7) is 1.88. The predicted octanol–water partition coefficient (Wildman–Crippen LogP) is 3.91. The van der Waals surface area contributed by atoms with E-state index in [-0.39, 0.29) is 39.9 Å². The van der Waals surface area contributed by atoms with Gasteiger partial charge < -0.3 is 15.2 Å². The molecule has 0 saturated heterocycles. The number of esters is 1. The number of halogens is 1. The second-order valence-electron chi connectivity index (χ2n) is 7.04. The van der Waals surface area contributed by atoms with Gasteiger partial charge in [0.15, 0.2) is 5.65 Å². The van der Waals surface area contributed by atoms with E-state index < -0.39 is 17.0 Å². The monoisotopic (exact) mass is 455 g/mol. The van der Waals surface area contributed by atoms with E-state index in [2.05, 4.69) is 9.97 Å². The lowest BCUT2D eigenvalue weighted by molar-refractivity contribution is -0.384. The zero-order valence-electron chi connectivity index (χ0n) is 17.1. The summed E-state index contributed by atoms with van der Waals surface area (Å²) in [5.74, 6) is -0.717. The van der Waals surface area contributed by atoms with Crippen molar-refractivity contribution in [1.82, 2.24) is 14.5 Å². The van der Waals surface area contributed by atoms with Crippen LogP contribution in [-0.2, 0) is 9.47 Å². The first-order valence-corrected chi connectivity index (χ1v) is 9.90. The van der Waals surface area contributed by atoms with Gasteiger partial charge in [-0.3, -0.25) is 14.7 Å². The molecule has 2 heterocycles. The second kappa shape index (κ2) is 8.40. The standard InChI is InChI=1S/C21H18ClN5O5/c1-11(10-31-2)32-21(28)17-18-20(25-15-6-4-3-5-14(15)24-18)26(19(17)23)12-7-8-13(22)16(9-12)27(29)30/h3-9,11H,10,23H2,1-2H3/t11-/m0/s1. The lowest BCUT2D eigenvalue weighted by Gasteiger charge is -2.12. The second-order valence-corrected chi connectivity index (χ2v) is 7.45. The molecule has 2 N–H and O–H groups in total. The largest absolute Gasteiger partial charge is 0.456 e. The minimum atomic E-state index is -0.705. The number of hydrogen-bond acceptors (Lipinski definition) is 8. The molecule has 4 aromatic rings. The number of hydrogen-bond donors (Lipinski definition) is 1. The van der Waals surface area contributed by atoms with Gasteiger partial charge in [0.1, 0.15) is 28.0 Å². The Labute approximate surface area is 186 Å². The molecular weight excluding hydrogens is 438 g/mol. The SMILES string of the molecule is COC[C@H](C)OC(=O)c1c(N)n(-c2ccc(Cl)c([N+](=O)[O-])c2)c2nc3ccccc3nc12. The van der Waals surface area contributed by atoms with E-state index in [1.54, 1.807) is 37.3 Å². The molecule has 0 unspecified atom stereocenters. The number of benzene rings is 2. The summed E-state index contributed by atoms with van der Waals surface area (Å²) in [4.78, 5) is 33.0. The van der Waals surface area contributed by atoms with Gasteiger partial charge in [0.25, 0.3) is 5.69 Å². The lowest BCUT2D eigenvalue weighted by atomic mass is 10.2. The number of nitro benzene ring substituents is 1. The number of para-hydroxylation sites is 2. The minimum Gasteiger partial charge on any atom is -0.456 e. The van der Waals surface area contributed by atoms with Gasteiger partial charge in [0, 0.05) is 13.2 Å². The number of methoxy groups -OCH3 is 1. The highest BCUT2D eigenvalue weighted by Crippen LogP contribution is 2.34. The first-order valence-electron chi connectivity index (χ1n) is 9.52. The van der Waals surface area contributed by atoms with Gasteiger partial charge in [-0.1, -0.05) is 23.7 Å². The number of nitrogens with two attached hydrogens (primary N) is 1. The van der Waals surface area contributed by atoms with Crippen molar-refractivity contribution in [3.8, 4) is 5.69 Å². The number of carbonyl (C=O) groups excluding carboxylic acids is 1. The van der Waals surface area contributed by atoms with Crippen molar-refractivity contribution < 1.29 is 19.2 Å². The fraction of sp³-hybridized carbons (Fsp3) is 0.190. The van der Waals surface area contributed by atoms with Crippen LogP contribution in [0.25, 0.3) is 27.9 Å². The van der Waals surface area contributed by atoms with Crippen LogP contribution in [0.2, 0.25) is 5.02 Å². The number of nitrogens with zero attached hydrogens (tertiary/aromatic N) is 4. The number of ether oxygens (including phenoxy) is 2. The van der Waals surface area contributed by atoms with Gasteiger partial charge in [-0.2, -0.15) is 0 Å². The molecule has 0 spiro atoms. The summed E-state index contributed by atoms with van der Waals surface area (Å²) >= 11 is 5.96. The highest BCUT2D eigenvalue weighted by Gasteiger charge is 2.28. The summed E-state index contributed by atoms with van der Waals surface area (Å²) in [6, 6.07) is 11.3. The van der Waals surface area contributed by atoms with Gasteiger partial charge in [0.05, 0.1) is 28.3 Å². The highest BCUT2D eigenvalue weighted by molar-refractivity contribution is 6.32. The Morgan fingerprint density at radius 2 is 1.94 bits per heavy atom. The molecular formula is C21H18ClN5O5. The first kappa shape index (κ1) is 21.5. The number of fused-ring (bicyclic) bond motifs is 2. The van der Waals surface area contributed by atoms with E-state index in [9.17, 15) is 14.9 Å². The van der Waals surface area contributed by atoms with E-state index >= 15 is 0 Å². The van der Waals surface area contributed by atoms with Crippen molar-refractivity contribution in [2.45, 2.75) is 13.0 Å². The van der Waals surface area contributed by atoms with Gasteiger partial charge in [-0.25, -0.2) is 14.8 Å². The highest BCUT2D eigenvalue weighted by atomic mass is 35.5. The van der Waals surface area contributed by atoms with Gasteiger partial charge in [0.2, 0.25) is 0 Å². The molecule has 2 aromatic heterocycles. The Balaban J connectivity index is 2.00. The molecule has 0 saturated carbocycles.